The number of nitriles is 1. The molecule has 0 spiro atoms. The highest BCUT2D eigenvalue weighted by Gasteiger charge is 2.22. The summed E-state index contributed by atoms with van der Waals surface area (Å²) in [6.45, 7) is -2.50. The van der Waals surface area contributed by atoms with Crippen LogP contribution in [0.15, 0.2) is 65.7 Å². The predicted molar refractivity (Wildman–Crippen MR) is 96.3 cm³/mol. The van der Waals surface area contributed by atoms with E-state index in [-0.39, 0.29) is 17.1 Å². The lowest BCUT2D eigenvalue weighted by Gasteiger charge is -2.11. The Hall–Kier alpha value is -2.95. The minimum Gasteiger partial charge on any atom is -0.316 e. The molecule has 0 saturated heterocycles. The lowest BCUT2D eigenvalue weighted by Crippen LogP contribution is -2.13. The second-order valence-electron chi connectivity index (χ2n) is 5.53. The van der Waals surface area contributed by atoms with Gasteiger partial charge in [0, 0.05) is 22.4 Å². The highest BCUT2D eigenvalue weighted by molar-refractivity contribution is 7.90. The van der Waals surface area contributed by atoms with Crippen molar-refractivity contribution in [3.8, 4) is 17.3 Å². The summed E-state index contributed by atoms with van der Waals surface area (Å²) >= 11 is 0. The van der Waals surface area contributed by atoms with Gasteiger partial charge in [-0.25, -0.2) is 16.8 Å². The number of hydrogen-bond donors (Lipinski definition) is 1. The lowest BCUT2D eigenvalue weighted by molar-refractivity contribution is 0.587. The molecule has 0 radical (unpaired) electrons. The average Bonchev–Trinajstić information content (AvgIpc) is 3.11. The molecule has 1 heterocycles. The number of nitrogens with zero attached hydrogens (tertiary/aromatic N) is 2. The quantitative estimate of drug-likeness (QED) is 0.747. The minimum atomic E-state index is -4.07. The smallest absolute Gasteiger partial charge is 0.268 e. The van der Waals surface area contributed by atoms with Crippen molar-refractivity contribution in [1.29, 1.82) is 5.26 Å². The summed E-state index contributed by atoms with van der Waals surface area (Å²) in [6, 6.07) is 14.2. The van der Waals surface area contributed by atoms with Gasteiger partial charge in [-0.1, -0.05) is 12.1 Å². The van der Waals surface area contributed by atoms with Crippen molar-refractivity contribution in [2.24, 2.45) is 0 Å². The third-order valence-corrected chi connectivity index (χ3v) is 5.48. The van der Waals surface area contributed by atoms with Crippen molar-refractivity contribution < 1.29 is 16.9 Å². The van der Waals surface area contributed by atoms with Crippen LogP contribution in [0.2, 0.25) is 0 Å². The summed E-state index contributed by atoms with van der Waals surface area (Å²) in [5, 5.41) is 11.2. The van der Waals surface area contributed by atoms with Crippen LogP contribution in [0.1, 0.15) is 15.2 Å². The molecule has 3 aromatic rings. The van der Waals surface area contributed by atoms with Gasteiger partial charge in [-0.2, -0.15) is 5.26 Å². The Balaban J connectivity index is 2.12. The van der Waals surface area contributed by atoms with E-state index in [9.17, 15) is 12.8 Å². The molecule has 0 atom stereocenters. The molecule has 26 heavy (non-hydrogen) atoms. The molecule has 0 unspecified atom stereocenters. The fraction of sp³-hybridized carbons (Fsp3) is 0.105. The maximum Gasteiger partial charge on any atom is 0.268 e. The number of rotatable bonds is 5. The van der Waals surface area contributed by atoms with Gasteiger partial charge >= 0.3 is 0 Å². The number of benzene rings is 2. The molecule has 0 saturated carbocycles. The summed E-state index contributed by atoms with van der Waals surface area (Å²) in [6.07, 6.45) is 1.30. The fourth-order valence-corrected chi connectivity index (χ4v) is 3.97. The van der Waals surface area contributed by atoms with Gasteiger partial charge in [0.15, 0.2) is 0 Å². The van der Waals surface area contributed by atoms with Crippen LogP contribution in [0.5, 0.6) is 0 Å². The fourth-order valence-electron chi connectivity index (χ4n) is 2.57. The molecular formula is C19H16FN3O2S. The molecule has 7 heteroatoms. The SMILES string of the molecule is [2H]C([2H])([2H])NCc1cc(-c2cccc(F)c2)n(S(=O)(=O)c2ccc(C#N)cc2)c1. The van der Waals surface area contributed by atoms with Gasteiger partial charge in [0.2, 0.25) is 0 Å². The zero-order chi connectivity index (χ0) is 21.2. The maximum absolute atomic E-state index is 13.7. The van der Waals surface area contributed by atoms with Crippen molar-refractivity contribution in [2.45, 2.75) is 11.4 Å². The Labute approximate surface area is 155 Å². The van der Waals surface area contributed by atoms with E-state index < -0.39 is 22.8 Å². The Kier molecular flexibility index (Phi) is 3.90. The highest BCUT2D eigenvalue weighted by Crippen LogP contribution is 2.27. The normalized spacial score (nSPS) is 13.5. The van der Waals surface area contributed by atoms with Crippen LogP contribution < -0.4 is 5.32 Å². The Morgan fingerprint density at radius 3 is 2.65 bits per heavy atom. The summed E-state index contributed by atoms with van der Waals surface area (Å²) in [5.74, 6) is -0.534. The second kappa shape index (κ2) is 7.12. The van der Waals surface area contributed by atoms with Gasteiger partial charge in [-0.15, -0.1) is 0 Å². The first-order valence-corrected chi connectivity index (χ1v) is 9.02. The van der Waals surface area contributed by atoms with E-state index >= 15 is 0 Å². The van der Waals surface area contributed by atoms with Crippen LogP contribution in [0.4, 0.5) is 4.39 Å². The summed E-state index contributed by atoms with van der Waals surface area (Å²) < 4.78 is 62.8. The van der Waals surface area contributed by atoms with Gasteiger partial charge in [0.25, 0.3) is 10.0 Å². The zero-order valence-corrected chi connectivity index (χ0v) is 14.3. The zero-order valence-electron chi connectivity index (χ0n) is 16.5. The molecule has 1 N–H and O–H groups in total. The van der Waals surface area contributed by atoms with Crippen molar-refractivity contribution in [2.75, 3.05) is 6.98 Å². The van der Waals surface area contributed by atoms with E-state index in [1.807, 2.05) is 6.07 Å². The van der Waals surface area contributed by atoms with Gasteiger partial charge in [-0.05, 0) is 55.0 Å². The molecule has 5 nitrogen and oxygen atoms in total. The number of aromatic nitrogens is 1. The van der Waals surface area contributed by atoms with E-state index in [4.69, 9.17) is 9.37 Å². The first-order valence-electron chi connectivity index (χ1n) is 9.08. The molecule has 0 aliphatic carbocycles. The van der Waals surface area contributed by atoms with Gasteiger partial charge in [-0.3, -0.25) is 0 Å². The van der Waals surface area contributed by atoms with Crippen LogP contribution in [-0.4, -0.2) is 19.4 Å². The second-order valence-corrected chi connectivity index (χ2v) is 7.35. The maximum atomic E-state index is 13.7. The number of halogens is 1. The topological polar surface area (TPSA) is 74.9 Å². The van der Waals surface area contributed by atoms with Crippen LogP contribution in [0, 0.1) is 17.1 Å². The molecule has 0 bridgehead atoms. The molecular weight excluding hydrogens is 353 g/mol. The summed E-state index contributed by atoms with van der Waals surface area (Å²) in [4.78, 5) is -0.0555. The standard InChI is InChI=1S/C19H16FN3O2S/c1-22-12-15-9-19(16-3-2-4-17(20)10-16)23(13-15)26(24,25)18-7-5-14(11-21)6-8-18/h2-10,13,22H,12H2,1H3/i1D3. The van der Waals surface area contributed by atoms with Crippen molar-refractivity contribution in [1.82, 2.24) is 9.29 Å². The van der Waals surface area contributed by atoms with Gasteiger partial charge in [0.05, 0.1) is 22.2 Å². The van der Waals surface area contributed by atoms with Gasteiger partial charge < -0.3 is 5.32 Å². The van der Waals surface area contributed by atoms with Crippen LogP contribution in [0.25, 0.3) is 11.3 Å². The first kappa shape index (κ1) is 14.2. The van der Waals surface area contributed by atoms with E-state index in [0.717, 1.165) is 3.97 Å². The van der Waals surface area contributed by atoms with Crippen LogP contribution >= 0.6 is 0 Å². The molecule has 3 rings (SSSR count). The Morgan fingerprint density at radius 1 is 1.23 bits per heavy atom. The third kappa shape index (κ3) is 3.38. The number of hydrogen-bond acceptors (Lipinski definition) is 4. The van der Waals surface area contributed by atoms with Crippen molar-refractivity contribution in [3.63, 3.8) is 0 Å². The minimum absolute atomic E-state index is 0.0555. The molecule has 0 amide bonds. The van der Waals surface area contributed by atoms with Gasteiger partial charge in [0.1, 0.15) is 5.82 Å². The Bertz CT molecular complexity index is 1180. The molecule has 132 valence electrons. The first-order chi connectivity index (χ1) is 13.6. The van der Waals surface area contributed by atoms with Crippen LogP contribution in [-0.2, 0) is 16.6 Å². The molecule has 0 aliphatic rings. The van der Waals surface area contributed by atoms with E-state index in [1.165, 1.54) is 54.7 Å². The molecule has 0 fully saturated rings. The number of nitrogens with one attached hydrogen (secondary N) is 1. The summed E-state index contributed by atoms with van der Waals surface area (Å²) in [7, 11) is -4.07. The third-order valence-electron chi connectivity index (χ3n) is 3.80. The molecule has 2 aromatic carbocycles. The van der Waals surface area contributed by atoms with E-state index in [2.05, 4.69) is 5.32 Å². The predicted octanol–water partition coefficient (Wildman–Crippen LogP) is 3.12. The molecule has 0 aliphatic heterocycles. The monoisotopic (exact) mass is 372 g/mol. The van der Waals surface area contributed by atoms with Crippen molar-refractivity contribution >= 4 is 10.0 Å². The van der Waals surface area contributed by atoms with E-state index in [1.54, 1.807) is 6.07 Å². The highest BCUT2D eigenvalue weighted by atomic mass is 32.2. The Morgan fingerprint density at radius 2 is 2.00 bits per heavy atom. The van der Waals surface area contributed by atoms with Crippen molar-refractivity contribution in [3.05, 3.63) is 77.7 Å². The summed E-state index contributed by atoms with van der Waals surface area (Å²) in [5.41, 5.74) is 1.22. The largest absolute Gasteiger partial charge is 0.316 e. The lowest BCUT2D eigenvalue weighted by atomic mass is 10.1. The molecule has 1 aromatic heterocycles. The van der Waals surface area contributed by atoms with E-state index in [0.29, 0.717) is 16.7 Å². The average molecular weight is 372 g/mol. The van der Waals surface area contributed by atoms with Crippen LogP contribution in [0.3, 0.4) is 0 Å².